The van der Waals surface area contributed by atoms with Crippen molar-refractivity contribution in [2.24, 2.45) is 0 Å². The van der Waals surface area contributed by atoms with Crippen molar-refractivity contribution in [2.75, 3.05) is 43.4 Å². The van der Waals surface area contributed by atoms with Crippen LogP contribution in [0.3, 0.4) is 0 Å². The number of amides is 1. The van der Waals surface area contributed by atoms with Gasteiger partial charge >= 0.3 is 12.1 Å². The standard InChI is InChI=1S/C36H38ClF2N7O3S/c1-35(2,3)49-34(47)46-19-6-7-20(46)17-44(16-19)32-22-14-24(37)27(21-8-9-25(38)30-26(21)23(15-40)31(41)50-30)28(39)29(22)42-33(43-32)48-18-36-10-4-12-45(36)13-5-11-36/h8-9,14,19-20H,4-7,10-13,16-18,41H2,1-3H3. The fourth-order valence-electron chi connectivity index (χ4n) is 8.57. The Bertz CT molecular complexity index is 2070. The summed E-state index contributed by atoms with van der Waals surface area (Å²) < 4.78 is 44.4. The van der Waals surface area contributed by atoms with Crippen molar-refractivity contribution in [3.63, 3.8) is 0 Å². The lowest BCUT2D eigenvalue weighted by molar-refractivity contribution is 0.0122. The van der Waals surface area contributed by atoms with Gasteiger partial charge in [-0.2, -0.15) is 15.2 Å². The van der Waals surface area contributed by atoms with Gasteiger partial charge in [-0.05, 0) is 90.1 Å². The van der Waals surface area contributed by atoms with Gasteiger partial charge in [-0.1, -0.05) is 17.7 Å². The van der Waals surface area contributed by atoms with Crippen molar-refractivity contribution in [3.05, 3.63) is 40.4 Å². The molecule has 2 unspecified atom stereocenters. The summed E-state index contributed by atoms with van der Waals surface area (Å²) >= 11 is 7.85. The molecule has 2 atom stereocenters. The number of fused-ring (bicyclic) bond motifs is 5. The van der Waals surface area contributed by atoms with E-state index in [0.29, 0.717) is 30.9 Å². The summed E-state index contributed by atoms with van der Waals surface area (Å²) in [6.07, 6.45) is 5.49. The number of piperazine rings is 1. The van der Waals surface area contributed by atoms with Crippen molar-refractivity contribution in [2.45, 2.75) is 82.5 Å². The molecular formula is C36H38ClF2N7O3S. The smallest absolute Gasteiger partial charge is 0.410 e. The van der Waals surface area contributed by atoms with Gasteiger partial charge in [0.25, 0.3) is 0 Å². The Morgan fingerprint density at radius 3 is 2.52 bits per heavy atom. The molecule has 2 N–H and O–H groups in total. The number of nitrogen functional groups attached to an aromatic ring is 1. The lowest BCUT2D eigenvalue weighted by Gasteiger charge is -2.42. The van der Waals surface area contributed by atoms with Crippen molar-refractivity contribution >= 4 is 60.8 Å². The van der Waals surface area contributed by atoms with Crippen LogP contribution in [0.15, 0.2) is 18.2 Å². The van der Waals surface area contributed by atoms with Crippen molar-refractivity contribution in [1.29, 1.82) is 5.26 Å². The molecular weight excluding hydrogens is 684 g/mol. The summed E-state index contributed by atoms with van der Waals surface area (Å²) in [5, 5.41) is 10.7. The maximum atomic E-state index is 17.1. The van der Waals surface area contributed by atoms with E-state index in [2.05, 4.69) is 20.9 Å². The molecule has 6 heterocycles. The SMILES string of the molecule is CC(C)(C)OC(=O)N1C2CCC1CN(c1nc(OCC34CCCN3CCC4)nc3c(F)c(-c4ccc(F)c5sc(N)c(C#N)c45)c(Cl)cc13)C2. The van der Waals surface area contributed by atoms with E-state index in [4.69, 9.17) is 31.8 Å². The molecule has 4 aromatic rings. The van der Waals surface area contributed by atoms with E-state index in [1.807, 2.05) is 25.7 Å². The van der Waals surface area contributed by atoms with Crippen molar-refractivity contribution < 1.29 is 23.0 Å². The molecule has 2 aromatic carbocycles. The number of rotatable bonds is 5. The highest BCUT2D eigenvalue weighted by Crippen LogP contribution is 2.46. The quantitative estimate of drug-likeness (QED) is 0.223. The molecule has 4 aliphatic heterocycles. The topological polar surface area (TPSA) is 121 Å². The number of hydrogen-bond acceptors (Lipinski definition) is 10. The van der Waals surface area contributed by atoms with E-state index >= 15 is 4.39 Å². The minimum atomic E-state index is -0.737. The average Bonchev–Trinajstić information content (AvgIpc) is 3.80. The van der Waals surface area contributed by atoms with Gasteiger partial charge < -0.3 is 20.1 Å². The van der Waals surface area contributed by atoms with Gasteiger partial charge in [-0.15, -0.1) is 11.3 Å². The number of aromatic nitrogens is 2. The van der Waals surface area contributed by atoms with Crippen LogP contribution >= 0.6 is 22.9 Å². The number of nitriles is 1. The maximum absolute atomic E-state index is 17.1. The molecule has 1 amide bonds. The highest BCUT2D eigenvalue weighted by molar-refractivity contribution is 7.23. The first kappa shape index (κ1) is 33.2. The van der Waals surface area contributed by atoms with Crippen molar-refractivity contribution in [3.8, 4) is 23.2 Å². The Kier molecular flexibility index (Phi) is 8.00. The molecule has 0 radical (unpaired) electrons. The van der Waals surface area contributed by atoms with E-state index in [1.165, 1.54) is 12.1 Å². The number of ether oxygens (including phenoxy) is 2. The second kappa shape index (κ2) is 12.1. The number of benzene rings is 2. The van der Waals surface area contributed by atoms with Crippen LogP contribution in [0, 0.1) is 23.0 Å². The summed E-state index contributed by atoms with van der Waals surface area (Å²) in [6.45, 7) is 8.91. The second-order valence-electron chi connectivity index (χ2n) is 14.9. The number of halogens is 3. The van der Waals surface area contributed by atoms with Gasteiger partial charge in [0, 0.05) is 29.4 Å². The van der Waals surface area contributed by atoms with Gasteiger partial charge in [0.05, 0.1) is 32.9 Å². The first-order chi connectivity index (χ1) is 23.9. The summed E-state index contributed by atoms with van der Waals surface area (Å²) in [5.41, 5.74) is 5.68. The summed E-state index contributed by atoms with van der Waals surface area (Å²) in [4.78, 5) is 29.2. The minimum absolute atomic E-state index is 0.00213. The summed E-state index contributed by atoms with van der Waals surface area (Å²) in [5.74, 6) is -0.835. The maximum Gasteiger partial charge on any atom is 0.410 e. The van der Waals surface area contributed by atoms with Crippen LogP contribution in [0.5, 0.6) is 6.01 Å². The van der Waals surface area contributed by atoms with Crippen LogP contribution in [0.1, 0.15) is 64.9 Å². The molecule has 4 aliphatic rings. The number of carbonyl (C=O) groups excluding carboxylic acids is 1. The molecule has 50 heavy (non-hydrogen) atoms. The highest BCUT2D eigenvalue weighted by atomic mass is 35.5. The largest absolute Gasteiger partial charge is 0.461 e. The van der Waals surface area contributed by atoms with Gasteiger partial charge in [0.15, 0.2) is 5.82 Å². The van der Waals surface area contributed by atoms with E-state index in [-0.39, 0.29) is 72.0 Å². The Morgan fingerprint density at radius 2 is 1.86 bits per heavy atom. The summed E-state index contributed by atoms with van der Waals surface area (Å²) in [7, 11) is 0. The first-order valence-electron chi connectivity index (χ1n) is 17.1. The third-order valence-electron chi connectivity index (χ3n) is 10.7. The number of nitrogens with two attached hydrogens (primary N) is 1. The Balaban J connectivity index is 1.24. The minimum Gasteiger partial charge on any atom is -0.461 e. The van der Waals surface area contributed by atoms with Crippen LogP contribution in [0.2, 0.25) is 5.02 Å². The lowest BCUT2D eigenvalue weighted by Crippen LogP contribution is -2.57. The number of hydrogen-bond donors (Lipinski definition) is 1. The Labute approximate surface area is 297 Å². The fraction of sp³-hybridized carbons (Fsp3) is 0.500. The van der Waals surface area contributed by atoms with Crippen LogP contribution in [-0.4, -0.2) is 81.9 Å². The Hall–Kier alpha value is -3.99. The molecule has 2 bridgehead atoms. The van der Waals surface area contributed by atoms with E-state index in [0.717, 1.165) is 63.0 Å². The van der Waals surface area contributed by atoms with Crippen LogP contribution in [0.25, 0.3) is 32.1 Å². The van der Waals surface area contributed by atoms with E-state index in [1.54, 1.807) is 6.07 Å². The predicted octanol–water partition coefficient (Wildman–Crippen LogP) is 7.49. The van der Waals surface area contributed by atoms with Gasteiger partial charge in [-0.25, -0.2) is 13.6 Å². The second-order valence-corrected chi connectivity index (χ2v) is 16.4. The average molecular weight is 722 g/mol. The van der Waals surface area contributed by atoms with E-state index in [9.17, 15) is 14.4 Å². The normalized spacial score (nSPS) is 21.6. The van der Waals surface area contributed by atoms with Gasteiger partial charge in [-0.3, -0.25) is 9.80 Å². The zero-order valence-corrected chi connectivity index (χ0v) is 29.8. The van der Waals surface area contributed by atoms with Gasteiger partial charge in [0.1, 0.15) is 40.4 Å². The third-order valence-corrected chi connectivity index (χ3v) is 12.0. The van der Waals surface area contributed by atoms with Gasteiger partial charge in [0.2, 0.25) is 0 Å². The van der Waals surface area contributed by atoms with E-state index < -0.39 is 17.2 Å². The van der Waals surface area contributed by atoms with Crippen molar-refractivity contribution in [1.82, 2.24) is 19.8 Å². The monoisotopic (exact) mass is 721 g/mol. The molecule has 4 fully saturated rings. The zero-order chi connectivity index (χ0) is 35.1. The lowest BCUT2D eigenvalue weighted by atomic mass is 9.95. The highest BCUT2D eigenvalue weighted by Gasteiger charge is 2.46. The molecule has 0 saturated carbocycles. The number of carbonyl (C=O) groups is 1. The number of thiophene rings is 1. The Morgan fingerprint density at radius 1 is 1.16 bits per heavy atom. The fourth-order valence-corrected chi connectivity index (χ4v) is 9.81. The molecule has 4 saturated heterocycles. The molecule has 0 aliphatic carbocycles. The first-order valence-corrected chi connectivity index (χ1v) is 18.3. The summed E-state index contributed by atoms with van der Waals surface area (Å²) in [6, 6.07) is 6.13. The molecule has 14 heteroatoms. The molecule has 2 aromatic heterocycles. The third kappa shape index (κ3) is 5.38. The predicted molar refractivity (Wildman–Crippen MR) is 190 cm³/mol. The zero-order valence-electron chi connectivity index (χ0n) is 28.2. The van der Waals surface area contributed by atoms with Crippen LogP contribution < -0.4 is 15.4 Å². The number of anilines is 2. The molecule has 0 spiro atoms. The molecule has 262 valence electrons. The molecule has 10 nitrogen and oxygen atoms in total. The molecule has 8 rings (SSSR count). The number of nitrogens with zero attached hydrogens (tertiary/aromatic N) is 6. The van der Waals surface area contributed by atoms with Crippen LogP contribution in [0.4, 0.5) is 24.4 Å². The van der Waals surface area contributed by atoms with Crippen LogP contribution in [-0.2, 0) is 4.74 Å².